The molecule has 0 radical (unpaired) electrons. The zero-order chi connectivity index (χ0) is 21.2. The summed E-state index contributed by atoms with van der Waals surface area (Å²) in [4.78, 5) is 0. The number of halogens is 2. The minimum atomic E-state index is -0.356. The van der Waals surface area contributed by atoms with Crippen molar-refractivity contribution in [2.45, 2.75) is 39.3 Å². The van der Waals surface area contributed by atoms with Gasteiger partial charge in [0.25, 0.3) is 0 Å². The zero-order valence-electron chi connectivity index (χ0n) is 17.4. The standard InChI is InChI=1S/C25H29ClFNO2/c1-2-3-15-29-16-7-14-28-17-21-20-9-5-4-8-19(20)12-13-25(21)30-18-22-23(26)10-6-11-24(22)27/h4-6,8-13,28H,2-3,7,14-18H2,1H3. The zero-order valence-corrected chi connectivity index (χ0v) is 18.2. The molecule has 0 saturated carbocycles. The molecule has 0 aliphatic carbocycles. The Bertz CT molecular complexity index is 927. The Labute approximate surface area is 183 Å². The number of hydrogen-bond acceptors (Lipinski definition) is 3. The van der Waals surface area contributed by atoms with Crippen LogP contribution in [0.2, 0.25) is 5.02 Å². The van der Waals surface area contributed by atoms with E-state index < -0.39 is 0 Å². The van der Waals surface area contributed by atoms with Gasteiger partial charge in [0.1, 0.15) is 18.2 Å². The lowest BCUT2D eigenvalue weighted by Gasteiger charge is -2.16. The quantitative estimate of drug-likeness (QED) is 0.333. The third-order valence-electron chi connectivity index (χ3n) is 5.02. The van der Waals surface area contributed by atoms with Crippen LogP contribution in [0, 0.1) is 5.82 Å². The Kier molecular flexibility index (Phi) is 8.94. The van der Waals surface area contributed by atoms with Crippen LogP contribution in [0.15, 0.2) is 54.6 Å². The number of fused-ring (bicyclic) bond motifs is 1. The van der Waals surface area contributed by atoms with Crippen molar-refractivity contribution in [1.82, 2.24) is 5.32 Å². The van der Waals surface area contributed by atoms with E-state index in [0.717, 1.165) is 61.1 Å². The van der Waals surface area contributed by atoms with E-state index in [1.54, 1.807) is 12.1 Å². The first-order chi connectivity index (χ1) is 14.7. The van der Waals surface area contributed by atoms with Crippen LogP contribution in [0.5, 0.6) is 5.75 Å². The number of unbranched alkanes of at least 4 members (excludes halogenated alkanes) is 1. The molecule has 160 valence electrons. The number of rotatable bonds is 12. The van der Waals surface area contributed by atoms with Gasteiger partial charge in [-0.15, -0.1) is 0 Å². The van der Waals surface area contributed by atoms with Crippen LogP contribution in [0.25, 0.3) is 10.8 Å². The van der Waals surface area contributed by atoms with Crippen molar-refractivity contribution in [1.29, 1.82) is 0 Å². The molecule has 30 heavy (non-hydrogen) atoms. The van der Waals surface area contributed by atoms with Gasteiger partial charge in [0, 0.05) is 30.9 Å². The van der Waals surface area contributed by atoms with Crippen molar-refractivity contribution in [3.05, 3.63) is 76.6 Å². The van der Waals surface area contributed by atoms with Gasteiger partial charge < -0.3 is 14.8 Å². The van der Waals surface area contributed by atoms with E-state index in [2.05, 4.69) is 24.4 Å². The molecule has 3 nitrogen and oxygen atoms in total. The summed E-state index contributed by atoms with van der Waals surface area (Å²) >= 11 is 6.15. The van der Waals surface area contributed by atoms with Crippen LogP contribution in [0.4, 0.5) is 4.39 Å². The molecule has 0 spiro atoms. The minimum absolute atomic E-state index is 0.0854. The lowest BCUT2D eigenvalue weighted by Crippen LogP contribution is -2.17. The largest absolute Gasteiger partial charge is 0.488 e. The molecule has 3 aromatic rings. The van der Waals surface area contributed by atoms with Gasteiger partial charge in [0.2, 0.25) is 0 Å². The lowest BCUT2D eigenvalue weighted by molar-refractivity contribution is 0.128. The molecule has 0 unspecified atom stereocenters. The normalized spacial score (nSPS) is 11.2. The second-order valence-electron chi connectivity index (χ2n) is 7.25. The molecule has 0 amide bonds. The predicted octanol–water partition coefficient (Wildman–Crippen LogP) is 6.51. The average Bonchev–Trinajstić information content (AvgIpc) is 2.76. The molecular weight excluding hydrogens is 401 g/mol. The molecule has 3 rings (SSSR count). The molecular formula is C25H29ClFNO2. The highest BCUT2D eigenvalue weighted by Gasteiger charge is 2.12. The number of ether oxygens (including phenoxy) is 2. The van der Waals surface area contributed by atoms with E-state index in [-0.39, 0.29) is 12.4 Å². The maximum absolute atomic E-state index is 14.1. The van der Waals surface area contributed by atoms with Crippen LogP contribution >= 0.6 is 11.6 Å². The van der Waals surface area contributed by atoms with Crippen LogP contribution in [-0.2, 0) is 17.9 Å². The van der Waals surface area contributed by atoms with E-state index in [0.29, 0.717) is 17.1 Å². The Morgan fingerprint density at radius 1 is 0.933 bits per heavy atom. The van der Waals surface area contributed by atoms with Crippen molar-refractivity contribution in [2.75, 3.05) is 19.8 Å². The molecule has 0 bridgehead atoms. The fourth-order valence-corrected chi connectivity index (χ4v) is 3.53. The second kappa shape index (κ2) is 11.9. The molecule has 5 heteroatoms. The summed E-state index contributed by atoms with van der Waals surface area (Å²) in [5, 5.41) is 6.13. The second-order valence-corrected chi connectivity index (χ2v) is 7.66. The van der Waals surface area contributed by atoms with E-state index >= 15 is 0 Å². The molecule has 0 aromatic heterocycles. The maximum atomic E-state index is 14.1. The van der Waals surface area contributed by atoms with Gasteiger partial charge in [-0.25, -0.2) is 4.39 Å². The van der Waals surface area contributed by atoms with Crippen molar-refractivity contribution in [2.24, 2.45) is 0 Å². The topological polar surface area (TPSA) is 30.5 Å². The Morgan fingerprint density at radius 2 is 1.77 bits per heavy atom. The average molecular weight is 430 g/mol. The van der Waals surface area contributed by atoms with Gasteiger partial charge in [-0.3, -0.25) is 0 Å². The minimum Gasteiger partial charge on any atom is -0.488 e. The summed E-state index contributed by atoms with van der Waals surface area (Å²) in [5.74, 6) is 0.380. The summed E-state index contributed by atoms with van der Waals surface area (Å²) < 4.78 is 25.8. The fourth-order valence-electron chi connectivity index (χ4n) is 3.31. The lowest BCUT2D eigenvalue weighted by atomic mass is 10.0. The first-order valence-electron chi connectivity index (χ1n) is 10.6. The summed E-state index contributed by atoms with van der Waals surface area (Å²) in [6.45, 7) is 5.36. The van der Waals surface area contributed by atoms with Crippen LogP contribution in [0.1, 0.15) is 37.3 Å². The first-order valence-corrected chi connectivity index (χ1v) is 10.9. The van der Waals surface area contributed by atoms with Gasteiger partial charge in [0.05, 0.1) is 5.02 Å². The Balaban J connectivity index is 1.67. The molecule has 0 heterocycles. The SMILES string of the molecule is CCCCOCCCNCc1c(OCc2c(F)cccc2Cl)ccc2ccccc12. The van der Waals surface area contributed by atoms with Crippen molar-refractivity contribution in [3.8, 4) is 5.75 Å². The van der Waals surface area contributed by atoms with E-state index in [1.165, 1.54) is 6.07 Å². The summed E-state index contributed by atoms with van der Waals surface area (Å²) in [6.07, 6.45) is 3.21. The summed E-state index contributed by atoms with van der Waals surface area (Å²) in [5.41, 5.74) is 1.43. The van der Waals surface area contributed by atoms with E-state index in [1.807, 2.05) is 24.3 Å². The first kappa shape index (κ1) is 22.5. The number of nitrogens with one attached hydrogen (secondary N) is 1. The maximum Gasteiger partial charge on any atom is 0.131 e. The van der Waals surface area contributed by atoms with Crippen molar-refractivity contribution >= 4 is 22.4 Å². The molecule has 1 N–H and O–H groups in total. The number of benzene rings is 3. The molecule has 3 aromatic carbocycles. The van der Waals surface area contributed by atoms with Crippen molar-refractivity contribution in [3.63, 3.8) is 0 Å². The van der Waals surface area contributed by atoms with Gasteiger partial charge in [0.15, 0.2) is 0 Å². The van der Waals surface area contributed by atoms with E-state index in [9.17, 15) is 4.39 Å². The van der Waals surface area contributed by atoms with E-state index in [4.69, 9.17) is 21.1 Å². The molecule has 0 aliphatic rings. The highest BCUT2D eigenvalue weighted by atomic mass is 35.5. The van der Waals surface area contributed by atoms with Crippen molar-refractivity contribution < 1.29 is 13.9 Å². The molecule has 0 fully saturated rings. The smallest absolute Gasteiger partial charge is 0.131 e. The van der Waals surface area contributed by atoms with Gasteiger partial charge in [-0.2, -0.15) is 0 Å². The highest BCUT2D eigenvalue weighted by molar-refractivity contribution is 6.31. The molecule has 0 atom stereocenters. The molecule has 0 saturated heterocycles. The van der Waals surface area contributed by atoms with Gasteiger partial charge in [-0.05, 0) is 48.4 Å². The number of hydrogen-bond donors (Lipinski definition) is 1. The summed E-state index contributed by atoms with van der Waals surface area (Å²) in [6, 6.07) is 16.8. The highest BCUT2D eigenvalue weighted by Crippen LogP contribution is 2.30. The fraction of sp³-hybridized carbons (Fsp3) is 0.360. The molecule has 0 aliphatic heterocycles. The monoisotopic (exact) mass is 429 g/mol. The van der Waals surface area contributed by atoms with Crippen LogP contribution in [0.3, 0.4) is 0 Å². The summed E-state index contributed by atoms with van der Waals surface area (Å²) in [7, 11) is 0. The predicted molar refractivity (Wildman–Crippen MR) is 122 cm³/mol. The Hall–Kier alpha value is -2.14. The third-order valence-corrected chi connectivity index (χ3v) is 5.37. The van der Waals surface area contributed by atoms with Gasteiger partial charge >= 0.3 is 0 Å². The Morgan fingerprint density at radius 3 is 2.60 bits per heavy atom. The van der Waals surface area contributed by atoms with Gasteiger partial charge in [-0.1, -0.05) is 61.3 Å². The van der Waals surface area contributed by atoms with Crippen LogP contribution < -0.4 is 10.1 Å². The van der Waals surface area contributed by atoms with Crippen LogP contribution in [-0.4, -0.2) is 19.8 Å². The third kappa shape index (κ3) is 6.18.